The number of piperazine rings is 1. The van der Waals surface area contributed by atoms with Crippen molar-refractivity contribution in [1.82, 2.24) is 19.9 Å². The maximum Gasteiger partial charge on any atom is 0.255 e. The van der Waals surface area contributed by atoms with Crippen molar-refractivity contribution in [2.45, 2.75) is 19.1 Å². The summed E-state index contributed by atoms with van der Waals surface area (Å²) in [6, 6.07) is 0.148. The van der Waals surface area contributed by atoms with Crippen molar-refractivity contribution >= 4 is 0 Å². The molecule has 1 saturated heterocycles. The second-order valence-corrected chi connectivity index (χ2v) is 4.43. The average Bonchev–Trinajstić information content (AvgIpc) is 2.70. The van der Waals surface area contributed by atoms with Crippen molar-refractivity contribution in [3.8, 4) is 0 Å². The summed E-state index contributed by atoms with van der Waals surface area (Å²) in [5.74, 6) is 0.946. The number of aromatic nitrogens is 2. The van der Waals surface area contributed by atoms with Crippen LogP contribution >= 0.6 is 0 Å². The molecule has 0 bridgehead atoms. The first kappa shape index (κ1) is 11.5. The molecule has 0 radical (unpaired) electrons. The lowest BCUT2D eigenvalue weighted by atomic mass is 10.2. The van der Waals surface area contributed by atoms with Gasteiger partial charge in [0, 0.05) is 19.6 Å². The number of hydrogen-bond donors (Lipinski definition) is 1. The summed E-state index contributed by atoms with van der Waals surface area (Å²) in [7, 11) is 4.13. The van der Waals surface area contributed by atoms with Gasteiger partial charge in [0.1, 0.15) is 6.10 Å². The highest BCUT2D eigenvalue weighted by Gasteiger charge is 2.28. The van der Waals surface area contributed by atoms with Crippen molar-refractivity contribution in [1.29, 1.82) is 0 Å². The van der Waals surface area contributed by atoms with Crippen LogP contribution in [-0.2, 0) is 0 Å². The standard InChI is InChI=1S/C10H18N4O2/c1-7(15)10-11-9(12-16-10)8-6-13(2)4-5-14(8)3/h7-8,15H,4-6H2,1-3H3/t7-,8?/m0/s1. The second kappa shape index (κ2) is 4.48. The molecule has 2 rings (SSSR count). The second-order valence-electron chi connectivity index (χ2n) is 4.43. The van der Waals surface area contributed by atoms with E-state index in [9.17, 15) is 5.11 Å². The summed E-state index contributed by atoms with van der Waals surface area (Å²) in [6.07, 6.45) is -0.701. The third kappa shape index (κ3) is 2.23. The highest BCUT2D eigenvalue weighted by molar-refractivity contribution is 4.98. The summed E-state index contributed by atoms with van der Waals surface area (Å²) in [5, 5.41) is 13.3. The number of aliphatic hydroxyl groups excluding tert-OH is 1. The molecule has 1 aliphatic heterocycles. The van der Waals surface area contributed by atoms with Crippen molar-refractivity contribution in [3.63, 3.8) is 0 Å². The molecule has 0 saturated carbocycles. The molecular weight excluding hydrogens is 208 g/mol. The van der Waals surface area contributed by atoms with Crippen molar-refractivity contribution < 1.29 is 9.63 Å². The smallest absolute Gasteiger partial charge is 0.255 e. The molecule has 90 valence electrons. The first-order valence-electron chi connectivity index (χ1n) is 5.48. The molecule has 1 unspecified atom stereocenters. The Morgan fingerprint density at radius 3 is 2.81 bits per heavy atom. The van der Waals surface area contributed by atoms with Crippen LogP contribution in [-0.4, -0.2) is 58.8 Å². The van der Waals surface area contributed by atoms with Crippen LogP contribution in [0.3, 0.4) is 0 Å². The summed E-state index contributed by atoms with van der Waals surface area (Å²) in [5.41, 5.74) is 0. The van der Waals surface area contributed by atoms with E-state index in [2.05, 4.69) is 34.0 Å². The SMILES string of the molecule is C[C@H](O)c1nc(C2CN(C)CCN2C)no1. The molecule has 0 aliphatic carbocycles. The van der Waals surface area contributed by atoms with Crippen LogP contribution in [0.5, 0.6) is 0 Å². The molecule has 1 N–H and O–H groups in total. The quantitative estimate of drug-likeness (QED) is 0.768. The fraction of sp³-hybridized carbons (Fsp3) is 0.800. The molecule has 1 aromatic rings. The molecule has 0 amide bonds. The summed E-state index contributed by atoms with van der Waals surface area (Å²) in [6.45, 7) is 4.54. The Morgan fingerprint density at radius 1 is 1.44 bits per heavy atom. The minimum absolute atomic E-state index is 0.148. The average molecular weight is 226 g/mol. The number of rotatable bonds is 2. The fourth-order valence-corrected chi connectivity index (χ4v) is 1.84. The van der Waals surface area contributed by atoms with Gasteiger partial charge in [0.05, 0.1) is 6.04 Å². The van der Waals surface area contributed by atoms with E-state index in [1.807, 2.05) is 0 Å². The summed E-state index contributed by atoms with van der Waals surface area (Å²) < 4.78 is 5.01. The monoisotopic (exact) mass is 226 g/mol. The Labute approximate surface area is 94.8 Å². The maximum atomic E-state index is 9.33. The molecule has 1 aliphatic rings. The normalized spacial score (nSPS) is 25.9. The van der Waals surface area contributed by atoms with Gasteiger partial charge in [-0.2, -0.15) is 4.98 Å². The zero-order chi connectivity index (χ0) is 11.7. The van der Waals surface area contributed by atoms with Crippen LogP contribution in [0.2, 0.25) is 0 Å². The van der Waals surface area contributed by atoms with Gasteiger partial charge in [0.15, 0.2) is 5.82 Å². The van der Waals surface area contributed by atoms with Gasteiger partial charge in [-0.25, -0.2) is 0 Å². The van der Waals surface area contributed by atoms with Gasteiger partial charge in [-0.05, 0) is 21.0 Å². The number of nitrogens with zero attached hydrogens (tertiary/aromatic N) is 4. The molecular formula is C10H18N4O2. The minimum Gasteiger partial charge on any atom is -0.384 e. The van der Waals surface area contributed by atoms with Crippen molar-refractivity contribution in [3.05, 3.63) is 11.7 Å². The lowest BCUT2D eigenvalue weighted by Crippen LogP contribution is -2.45. The number of aliphatic hydroxyl groups is 1. The lowest BCUT2D eigenvalue weighted by Gasteiger charge is -2.35. The lowest BCUT2D eigenvalue weighted by molar-refractivity contribution is 0.107. The zero-order valence-electron chi connectivity index (χ0n) is 9.92. The van der Waals surface area contributed by atoms with Crippen LogP contribution in [0.25, 0.3) is 0 Å². The third-order valence-electron chi connectivity index (χ3n) is 2.96. The van der Waals surface area contributed by atoms with E-state index in [-0.39, 0.29) is 11.9 Å². The largest absolute Gasteiger partial charge is 0.384 e. The predicted molar refractivity (Wildman–Crippen MR) is 57.8 cm³/mol. The van der Waals surface area contributed by atoms with E-state index in [0.717, 1.165) is 19.6 Å². The highest BCUT2D eigenvalue weighted by Crippen LogP contribution is 2.22. The van der Waals surface area contributed by atoms with Gasteiger partial charge in [0.25, 0.3) is 5.89 Å². The van der Waals surface area contributed by atoms with E-state index in [0.29, 0.717) is 5.82 Å². The van der Waals surface area contributed by atoms with Gasteiger partial charge < -0.3 is 14.5 Å². The molecule has 6 nitrogen and oxygen atoms in total. The summed E-state index contributed by atoms with van der Waals surface area (Å²) >= 11 is 0. The highest BCUT2D eigenvalue weighted by atomic mass is 16.5. The molecule has 2 heterocycles. The van der Waals surface area contributed by atoms with Crippen LogP contribution in [0.4, 0.5) is 0 Å². The molecule has 1 aromatic heterocycles. The Balaban J connectivity index is 2.15. The Bertz CT molecular complexity index is 352. The molecule has 6 heteroatoms. The topological polar surface area (TPSA) is 65.6 Å². The van der Waals surface area contributed by atoms with Crippen LogP contribution in [0.1, 0.15) is 30.8 Å². The van der Waals surface area contributed by atoms with E-state index in [4.69, 9.17) is 4.52 Å². The maximum absolute atomic E-state index is 9.33. The Hall–Kier alpha value is -0.980. The Kier molecular flexibility index (Phi) is 3.22. The van der Waals surface area contributed by atoms with Gasteiger partial charge in [-0.1, -0.05) is 5.16 Å². The van der Waals surface area contributed by atoms with Crippen LogP contribution < -0.4 is 0 Å². The Morgan fingerprint density at radius 2 is 2.19 bits per heavy atom. The zero-order valence-corrected chi connectivity index (χ0v) is 9.92. The van der Waals surface area contributed by atoms with Crippen molar-refractivity contribution in [2.75, 3.05) is 33.7 Å². The van der Waals surface area contributed by atoms with Crippen LogP contribution in [0, 0.1) is 0 Å². The van der Waals surface area contributed by atoms with E-state index >= 15 is 0 Å². The molecule has 16 heavy (non-hydrogen) atoms. The van der Waals surface area contributed by atoms with Crippen LogP contribution in [0.15, 0.2) is 4.52 Å². The van der Waals surface area contributed by atoms with E-state index in [1.54, 1.807) is 6.92 Å². The first-order chi connectivity index (χ1) is 7.58. The number of hydrogen-bond acceptors (Lipinski definition) is 6. The van der Waals surface area contributed by atoms with E-state index < -0.39 is 6.10 Å². The van der Waals surface area contributed by atoms with E-state index in [1.165, 1.54) is 0 Å². The fourth-order valence-electron chi connectivity index (χ4n) is 1.84. The summed E-state index contributed by atoms with van der Waals surface area (Å²) in [4.78, 5) is 8.67. The van der Waals surface area contributed by atoms with Crippen molar-refractivity contribution in [2.24, 2.45) is 0 Å². The van der Waals surface area contributed by atoms with Gasteiger partial charge >= 0.3 is 0 Å². The first-order valence-corrected chi connectivity index (χ1v) is 5.48. The molecule has 0 spiro atoms. The molecule has 1 fully saturated rings. The van der Waals surface area contributed by atoms with Gasteiger partial charge in [0.2, 0.25) is 0 Å². The number of likely N-dealkylation sites (N-methyl/N-ethyl adjacent to an activating group) is 2. The minimum atomic E-state index is -0.701. The third-order valence-corrected chi connectivity index (χ3v) is 2.96. The predicted octanol–water partition coefficient (Wildman–Crippen LogP) is 0.0412. The molecule has 2 atom stereocenters. The van der Waals surface area contributed by atoms with Gasteiger partial charge in [-0.15, -0.1) is 0 Å². The molecule has 0 aromatic carbocycles. The van der Waals surface area contributed by atoms with Gasteiger partial charge in [-0.3, -0.25) is 4.90 Å².